The Morgan fingerprint density at radius 2 is 1.67 bits per heavy atom. The summed E-state index contributed by atoms with van der Waals surface area (Å²) in [5.74, 6) is 0.555. The zero-order valence-electron chi connectivity index (χ0n) is 16.7. The molecule has 0 radical (unpaired) electrons. The number of rotatable bonds is 9. The van der Waals surface area contributed by atoms with Gasteiger partial charge in [0.05, 0.1) is 6.42 Å². The van der Waals surface area contributed by atoms with Crippen LogP contribution in [0.1, 0.15) is 35.9 Å². The van der Waals surface area contributed by atoms with Crippen molar-refractivity contribution in [2.24, 2.45) is 0 Å². The lowest BCUT2D eigenvalue weighted by atomic mass is 10.1. The number of amides is 1. The minimum absolute atomic E-state index is 0.101. The number of aryl methyl sites for hydroxylation is 1. The van der Waals surface area contributed by atoms with Crippen molar-refractivity contribution in [1.82, 2.24) is 0 Å². The molecule has 0 aliphatic rings. The number of esters is 1. The quantitative estimate of drug-likeness (QED) is 0.414. The zero-order chi connectivity index (χ0) is 21.3. The fourth-order valence-electron chi connectivity index (χ4n) is 2.79. The molecular formula is C24H23NO5. The number of anilines is 1. The Labute approximate surface area is 174 Å². The minimum Gasteiger partial charge on any atom is -0.461 e. The van der Waals surface area contributed by atoms with Crippen LogP contribution in [0.25, 0.3) is 11.3 Å². The summed E-state index contributed by atoms with van der Waals surface area (Å²) >= 11 is 0. The minimum atomic E-state index is -0.465. The van der Waals surface area contributed by atoms with Gasteiger partial charge in [0.15, 0.2) is 12.4 Å². The van der Waals surface area contributed by atoms with E-state index in [9.17, 15) is 14.4 Å². The molecule has 1 heterocycles. The number of carbonyl (C=O) groups excluding carboxylic acids is 3. The third kappa shape index (κ3) is 5.91. The van der Waals surface area contributed by atoms with E-state index in [4.69, 9.17) is 9.15 Å². The predicted octanol–water partition coefficient (Wildman–Crippen LogP) is 4.65. The molecule has 3 rings (SSSR count). The summed E-state index contributed by atoms with van der Waals surface area (Å²) in [5.41, 5.74) is 2.00. The van der Waals surface area contributed by atoms with Crippen LogP contribution in [-0.2, 0) is 20.7 Å². The molecule has 0 bridgehead atoms. The van der Waals surface area contributed by atoms with Crippen LogP contribution >= 0.6 is 0 Å². The number of Topliss-reactive ketones (excluding diaryl/α,β-unsaturated/α-hetero) is 1. The Hall–Kier alpha value is -3.67. The Bertz CT molecular complexity index is 1010. The van der Waals surface area contributed by atoms with Gasteiger partial charge in [-0.2, -0.15) is 0 Å². The third-order valence-corrected chi connectivity index (χ3v) is 4.47. The van der Waals surface area contributed by atoms with Gasteiger partial charge >= 0.3 is 5.97 Å². The lowest BCUT2D eigenvalue weighted by molar-refractivity contribution is -0.142. The molecule has 154 valence electrons. The van der Waals surface area contributed by atoms with E-state index in [0.29, 0.717) is 29.9 Å². The third-order valence-electron chi connectivity index (χ3n) is 4.47. The largest absolute Gasteiger partial charge is 0.461 e. The first kappa shape index (κ1) is 21.0. The van der Waals surface area contributed by atoms with Crippen molar-refractivity contribution in [2.45, 2.75) is 26.2 Å². The number of furan rings is 1. The van der Waals surface area contributed by atoms with Gasteiger partial charge in [0.1, 0.15) is 11.5 Å². The van der Waals surface area contributed by atoms with Gasteiger partial charge in [-0.1, -0.05) is 37.3 Å². The Morgan fingerprint density at radius 1 is 0.933 bits per heavy atom. The molecule has 6 nitrogen and oxygen atoms in total. The van der Waals surface area contributed by atoms with Gasteiger partial charge in [-0.3, -0.25) is 14.4 Å². The first-order valence-corrected chi connectivity index (χ1v) is 9.78. The van der Waals surface area contributed by atoms with Crippen molar-refractivity contribution in [3.63, 3.8) is 0 Å². The average molecular weight is 405 g/mol. The lowest BCUT2D eigenvalue weighted by Gasteiger charge is -2.06. The van der Waals surface area contributed by atoms with Crippen LogP contribution in [0.2, 0.25) is 0 Å². The van der Waals surface area contributed by atoms with Crippen molar-refractivity contribution in [3.05, 3.63) is 78.1 Å². The monoisotopic (exact) mass is 405 g/mol. The number of ether oxygens (including phenoxy) is 1. The van der Waals surface area contributed by atoms with E-state index in [0.717, 1.165) is 11.3 Å². The van der Waals surface area contributed by atoms with Gasteiger partial charge in [-0.25, -0.2) is 0 Å². The summed E-state index contributed by atoms with van der Waals surface area (Å²) in [6, 6.07) is 19.9. The van der Waals surface area contributed by atoms with Gasteiger partial charge in [0, 0.05) is 29.7 Å². The topological polar surface area (TPSA) is 85.6 Å². The summed E-state index contributed by atoms with van der Waals surface area (Å²) in [7, 11) is 0. The van der Waals surface area contributed by atoms with E-state index >= 15 is 0 Å². The van der Waals surface area contributed by atoms with Gasteiger partial charge in [-0.05, 0) is 36.4 Å². The van der Waals surface area contributed by atoms with Crippen molar-refractivity contribution < 1.29 is 23.5 Å². The summed E-state index contributed by atoms with van der Waals surface area (Å²) < 4.78 is 10.8. The molecule has 0 atom stereocenters. The number of carbonyl (C=O) groups is 3. The van der Waals surface area contributed by atoms with E-state index in [2.05, 4.69) is 5.32 Å². The first-order chi connectivity index (χ1) is 14.5. The number of hydrogen-bond acceptors (Lipinski definition) is 5. The van der Waals surface area contributed by atoms with Crippen LogP contribution in [0.15, 0.2) is 71.1 Å². The number of hydrogen-bond donors (Lipinski definition) is 1. The molecule has 1 N–H and O–H groups in total. The van der Waals surface area contributed by atoms with Crippen molar-refractivity contribution in [2.75, 3.05) is 11.9 Å². The molecule has 0 spiro atoms. The molecule has 1 aromatic heterocycles. The van der Waals surface area contributed by atoms with E-state index in [1.807, 2.05) is 42.5 Å². The first-order valence-electron chi connectivity index (χ1n) is 9.78. The summed E-state index contributed by atoms with van der Waals surface area (Å²) in [4.78, 5) is 35.5. The maximum atomic E-state index is 12.2. The molecule has 0 aliphatic carbocycles. The van der Waals surface area contributed by atoms with Crippen LogP contribution in [-0.4, -0.2) is 24.3 Å². The van der Waals surface area contributed by atoms with E-state index < -0.39 is 5.97 Å². The second kappa shape index (κ2) is 10.2. The Morgan fingerprint density at radius 3 is 2.37 bits per heavy atom. The average Bonchev–Trinajstić information content (AvgIpc) is 3.26. The molecule has 0 unspecified atom stereocenters. The van der Waals surface area contributed by atoms with E-state index in [-0.39, 0.29) is 24.7 Å². The molecule has 30 heavy (non-hydrogen) atoms. The van der Waals surface area contributed by atoms with Crippen LogP contribution in [0.4, 0.5) is 5.69 Å². The van der Waals surface area contributed by atoms with Gasteiger partial charge < -0.3 is 14.5 Å². The SMILES string of the molecule is CCC(=O)Nc1ccc(C(=O)COC(=O)CCc2ccc(-c3ccccc3)o2)cc1. The fourth-order valence-corrected chi connectivity index (χ4v) is 2.79. The smallest absolute Gasteiger partial charge is 0.306 e. The van der Waals surface area contributed by atoms with Crippen molar-refractivity contribution >= 4 is 23.3 Å². The maximum absolute atomic E-state index is 12.2. The van der Waals surface area contributed by atoms with Gasteiger partial charge in [0.2, 0.25) is 5.91 Å². The highest BCUT2D eigenvalue weighted by molar-refractivity contribution is 5.98. The second-order valence-corrected chi connectivity index (χ2v) is 6.69. The molecule has 0 saturated carbocycles. The highest BCUT2D eigenvalue weighted by Crippen LogP contribution is 2.22. The zero-order valence-corrected chi connectivity index (χ0v) is 16.7. The highest BCUT2D eigenvalue weighted by atomic mass is 16.5. The van der Waals surface area contributed by atoms with E-state index in [1.165, 1.54) is 0 Å². The molecular weight excluding hydrogens is 382 g/mol. The number of nitrogens with one attached hydrogen (secondary N) is 1. The number of benzene rings is 2. The standard InChI is InChI=1S/C24H23NO5/c1-2-23(27)25-19-10-8-17(9-11-19)21(26)16-29-24(28)15-13-20-12-14-22(30-20)18-6-4-3-5-7-18/h3-12,14H,2,13,15-16H2,1H3,(H,25,27). The number of ketones is 1. The van der Waals surface area contributed by atoms with Crippen LogP contribution in [0.5, 0.6) is 0 Å². The van der Waals surface area contributed by atoms with Crippen LogP contribution in [0.3, 0.4) is 0 Å². The maximum Gasteiger partial charge on any atom is 0.306 e. The second-order valence-electron chi connectivity index (χ2n) is 6.69. The molecule has 0 aliphatic heterocycles. The Balaban J connectivity index is 1.44. The summed E-state index contributed by atoms with van der Waals surface area (Å²) in [6.45, 7) is 1.43. The predicted molar refractivity (Wildman–Crippen MR) is 113 cm³/mol. The molecule has 0 saturated heterocycles. The molecule has 2 aromatic carbocycles. The van der Waals surface area contributed by atoms with Gasteiger partial charge in [-0.15, -0.1) is 0 Å². The summed E-state index contributed by atoms with van der Waals surface area (Å²) in [6.07, 6.45) is 0.894. The summed E-state index contributed by atoms with van der Waals surface area (Å²) in [5, 5.41) is 2.71. The molecule has 6 heteroatoms. The molecule has 0 fully saturated rings. The van der Waals surface area contributed by atoms with Crippen molar-refractivity contribution in [3.8, 4) is 11.3 Å². The van der Waals surface area contributed by atoms with Crippen LogP contribution < -0.4 is 5.32 Å². The fraction of sp³-hybridized carbons (Fsp3) is 0.208. The van der Waals surface area contributed by atoms with Crippen molar-refractivity contribution in [1.29, 1.82) is 0 Å². The normalized spacial score (nSPS) is 10.4. The lowest BCUT2D eigenvalue weighted by Crippen LogP contribution is -2.15. The Kier molecular flexibility index (Phi) is 7.16. The molecule has 1 amide bonds. The molecule has 3 aromatic rings. The van der Waals surface area contributed by atoms with E-state index in [1.54, 1.807) is 31.2 Å². The van der Waals surface area contributed by atoms with Gasteiger partial charge in [0.25, 0.3) is 0 Å². The van der Waals surface area contributed by atoms with Crippen LogP contribution in [0, 0.1) is 0 Å². The highest BCUT2D eigenvalue weighted by Gasteiger charge is 2.12.